The van der Waals surface area contributed by atoms with Gasteiger partial charge in [0.05, 0.1) is 12.1 Å². The molecule has 5 nitrogen and oxygen atoms in total. The maximum absolute atomic E-state index is 12.4. The standard InChI is InChI=1S/C34H33N3O2/c1-2-21-36(22-23-38)24-27(26-39)31-19-12-20-33-32(31)25-37(35-33)34(28-13-6-3-7-14-28,29-15-8-4-9-16-29)30-17-10-5-11-18-30/h3-20,24-26,38H,2,21-23H2,1H3/p+1/b27-24+. The molecule has 0 aliphatic heterocycles. The third-order valence-corrected chi connectivity index (χ3v) is 7.14. The van der Waals surface area contributed by atoms with Crippen LogP contribution in [0.1, 0.15) is 35.6 Å². The van der Waals surface area contributed by atoms with Gasteiger partial charge in [-0.3, -0.25) is 9.48 Å². The minimum atomic E-state index is -0.732. The number of carbonyl (C=O) groups is 1. The number of benzene rings is 4. The second-order valence-electron chi connectivity index (χ2n) is 9.61. The van der Waals surface area contributed by atoms with Gasteiger partial charge in [0.1, 0.15) is 5.54 Å². The van der Waals surface area contributed by atoms with E-state index in [1.54, 1.807) is 0 Å². The van der Waals surface area contributed by atoms with Gasteiger partial charge in [-0.15, -0.1) is 0 Å². The third-order valence-electron chi connectivity index (χ3n) is 7.14. The van der Waals surface area contributed by atoms with E-state index in [0.717, 1.165) is 52.4 Å². The van der Waals surface area contributed by atoms with Crippen molar-refractivity contribution in [2.45, 2.75) is 18.9 Å². The molecule has 0 unspecified atom stereocenters. The Bertz CT molecular complexity index is 1440. The minimum Gasteiger partial charge on any atom is -0.444 e. The fourth-order valence-corrected chi connectivity index (χ4v) is 5.43. The van der Waals surface area contributed by atoms with Crippen LogP contribution in [-0.2, 0) is 10.3 Å². The van der Waals surface area contributed by atoms with Crippen LogP contribution < -0.4 is 0 Å². The van der Waals surface area contributed by atoms with E-state index in [0.29, 0.717) is 12.1 Å². The van der Waals surface area contributed by atoms with Crippen molar-refractivity contribution >= 4 is 22.8 Å². The van der Waals surface area contributed by atoms with Crippen LogP contribution in [0.3, 0.4) is 0 Å². The summed E-state index contributed by atoms with van der Waals surface area (Å²) >= 11 is 0. The Morgan fingerprint density at radius 3 is 1.87 bits per heavy atom. The number of fused-ring (bicyclic) bond motifs is 1. The molecule has 0 fully saturated rings. The molecule has 5 aromatic rings. The van der Waals surface area contributed by atoms with Crippen molar-refractivity contribution in [3.8, 4) is 0 Å². The van der Waals surface area contributed by atoms with E-state index in [1.165, 1.54) is 0 Å². The number of hydrogen-bond acceptors (Lipinski definition) is 3. The number of rotatable bonds is 11. The van der Waals surface area contributed by atoms with Gasteiger partial charge in [0.25, 0.3) is 0 Å². The minimum absolute atomic E-state index is 0.276. The van der Waals surface area contributed by atoms with Crippen LogP contribution in [0, 0.1) is 0 Å². The Balaban J connectivity index is 1.79. The fourth-order valence-electron chi connectivity index (χ4n) is 5.43. The molecule has 0 radical (unpaired) electrons. The molecular weight excluding hydrogens is 482 g/mol. The van der Waals surface area contributed by atoms with Gasteiger partial charge in [-0.05, 0) is 34.7 Å². The van der Waals surface area contributed by atoms with Gasteiger partial charge in [0.15, 0.2) is 12.9 Å². The van der Waals surface area contributed by atoms with Gasteiger partial charge < -0.3 is 10.0 Å². The average molecular weight is 517 g/mol. The Hall–Kier alpha value is -4.48. The molecule has 0 aliphatic rings. The number of carbonyl (C=O) groups excluding carboxylic acids is 1. The highest BCUT2D eigenvalue weighted by molar-refractivity contribution is 6.12. The second kappa shape index (κ2) is 11.9. The molecule has 5 rings (SSSR count). The van der Waals surface area contributed by atoms with E-state index >= 15 is 0 Å². The van der Waals surface area contributed by atoms with Crippen molar-refractivity contribution in [2.24, 2.45) is 0 Å². The number of hydrogen-bond donors (Lipinski definition) is 0. The smallest absolute Gasteiger partial charge is 0.161 e. The summed E-state index contributed by atoms with van der Waals surface area (Å²) in [5, 5.41) is 13.8. The molecule has 2 N–H and O–H groups in total. The zero-order valence-electron chi connectivity index (χ0n) is 22.2. The third kappa shape index (κ3) is 5.01. The quantitative estimate of drug-likeness (QED) is 0.0957. The van der Waals surface area contributed by atoms with Crippen molar-refractivity contribution in [1.82, 2.24) is 14.7 Å². The van der Waals surface area contributed by atoms with Crippen molar-refractivity contribution in [3.63, 3.8) is 0 Å². The van der Waals surface area contributed by atoms with E-state index in [2.05, 4.69) is 95.5 Å². The lowest BCUT2D eigenvalue weighted by Crippen LogP contribution is -2.38. The molecule has 0 amide bonds. The molecule has 0 saturated carbocycles. The molecule has 0 bridgehead atoms. The predicted molar refractivity (Wildman–Crippen MR) is 159 cm³/mol. The Kier molecular flexibility index (Phi) is 7.99. The lowest BCUT2D eigenvalue weighted by Gasteiger charge is -2.36. The largest absolute Gasteiger partial charge is 0.444 e. The first-order valence-corrected chi connectivity index (χ1v) is 13.4. The number of nitrogens with zero attached hydrogens (tertiary/aromatic N) is 3. The summed E-state index contributed by atoms with van der Waals surface area (Å²) in [4.78, 5) is 14.5. The number of aldehydes is 1. The maximum atomic E-state index is 12.4. The highest BCUT2D eigenvalue weighted by Gasteiger charge is 2.39. The Morgan fingerprint density at radius 1 is 0.821 bits per heavy atom. The molecule has 1 aromatic heterocycles. The van der Waals surface area contributed by atoms with Crippen molar-refractivity contribution in [2.75, 3.05) is 19.7 Å². The molecule has 196 valence electrons. The Morgan fingerprint density at radius 2 is 1.38 bits per heavy atom. The summed E-state index contributed by atoms with van der Waals surface area (Å²) in [5.41, 5.74) is 4.78. The molecule has 0 spiro atoms. The van der Waals surface area contributed by atoms with Crippen LogP contribution in [0.25, 0.3) is 16.5 Å². The topological polar surface area (TPSA) is 61.0 Å². The van der Waals surface area contributed by atoms with Gasteiger partial charge in [0, 0.05) is 29.9 Å². The van der Waals surface area contributed by atoms with Crippen molar-refractivity contribution in [3.05, 3.63) is 144 Å². The highest BCUT2D eigenvalue weighted by Crippen LogP contribution is 2.41. The van der Waals surface area contributed by atoms with Gasteiger partial charge in [-0.2, -0.15) is 5.10 Å². The summed E-state index contributed by atoms with van der Waals surface area (Å²) in [7, 11) is 0. The highest BCUT2D eigenvalue weighted by atomic mass is 16.3. The molecule has 1 heterocycles. The molecule has 5 heteroatoms. The van der Waals surface area contributed by atoms with Crippen LogP contribution in [0.4, 0.5) is 0 Å². The van der Waals surface area contributed by atoms with E-state index in [9.17, 15) is 4.79 Å². The molecule has 4 aromatic carbocycles. The predicted octanol–water partition coefficient (Wildman–Crippen LogP) is 5.85. The number of allylic oxidation sites excluding steroid dienone is 1. The zero-order valence-corrected chi connectivity index (χ0v) is 22.2. The van der Waals surface area contributed by atoms with Crippen molar-refractivity contribution < 1.29 is 9.90 Å². The van der Waals surface area contributed by atoms with Gasteiger partial charge in [-0.25, -0.2) is 0 Å². The summed E-state index contributed by atoms with van der Waals surface area (Å²) in [5.74, 6) is 0. The van der Waals surface area contributed by atoms with Crippen LogP contribution in [0.2, 0.25) is 0 Å². The van der Waals surface area contributed by atoms with Crippen LogP contribution in [-0.4, -0.2) is 45.8 Å². The lowest BCUT2D eigenvalue weighted by molar-refractivity contribution is -0.103. The summed E-state index contributed by atoms with van der Waals surface area (Å²) in [6, 6.07) is 37.3. The lowest BCUT2D eigenvalue weighted by atomic mass is 9.77. The molecule has 39 heavy (non-hydrogen) atoms. The monoisotopic (exact) mass is 516 g/mol. The van der Waals surface area contributed by atoms with Crippen molar-refractivity contribution in [1.29, 1.82) is 0 Å². The van der Waals surface area contributed by atoms with Gasteiger partial charge in [0.2, 0.25) is 0 Å². The average Bonchev–Trinajstić information content (AvgIpc) is 3.43. The fraction of sp³-hybridized carbons (Fsp3) is 0.176. The first-order valence-electron chi connectivity index (χ1n) is 13.4. The van der Waals surface area contributed by atoms with Crippen LogP contribution in [0.15, 0.2) is 122 Å². The first kappa shape index (κ1) is 26.1. The summed E-state index contributed by atoms with van der Waals surface area (Å²) < 4.78 is 2.05. The molecule has 0 saturated heterocycles. The SMILES string of the molecule is CCCN(/C=C(\C=O)c1cccc2nn(C(c3ccccc3)(c3ccccc3)c3ccccc3)cc12)CC[OH2+]. The van der Waals surface area contributed by atoms with E-state index in [1.807, 2.05) is 42.6 Å². The van der Waals surface area contributed by atoms with E-state index < -0.39 is 5.54 Å². The normalized spacial score (nSPS) is 12.0. The first-order chi connectivity index (χ1) is 19.2. The summed E-state index contributed by atoms with van der Waals surface area (Å²) in [6.07, 6.45) is 5.83. The summed E-state index contributed by atoms with van der Waals surface area (Å²) in [6.45, 7) is 3.76. The zero-order chi connectivity index (χ0) is 27.1. The van der Waals surface area contributed by atoms with Crippen LogP contribution >= 0.6 is 0 Å². The van der Waals surface area contributed by atoms with E-state index in [4.69, 9.17) is 10.2 Å². The van der Waals surface area contributed by atoms with Gasteiger partial charge in [-0.1, -0.05) is 110 Å². The molecular formula is C34H34N3O2+. The Labute approximate surface area is 229 Å². The van der Waals surface area contributed by atoms with E-state index in [-0.39, 0.29) is 6.61 Å². The molecule has 0 aliphatic carbocycles. The van der Waals surface area contributed by atoms with Crippen LogP contribution in [0.5, 0.6) is 0 Å². The number of aromatic nitrogens is 2. The van der Waals surface area contributed by atoms with Gasteiger partial charge >= 0.3 is 0 Å². The molecule has 0 atom stereocenters. The second-order valence-corrected chi connectivity index (χ2v) is 9.61. The maximum Gasteiger partial charge on any atom is 0.161 e.